The maximum atomic E-state index is 12.4. The largest absolute Gasteiger partial charge is 0.456 e. The Morgan fingerprint density at radius 2 is 1.81 bits per heavy atom. The molecule has 1 fully saturated rings. The molecule has 1 aliphatic rings. The number of amides is 1. The second-order valence-electron chi connectivity index (χ2n) is 5.18. The average Bonchev–Trinajstić information content (AvgIpc) is 2.87. The van der Waals surface area contributed by atoms with E-state index in [1.165, 1.54) is 0 Å². The summed E-state index contributed by atoms with van der Waals surface area (Å²) in [5.74, 6) is 1.90. The fourth-order valence-electron chi connectivity index (χ4n) is 2.40. The predicted molar refractivity (Wildman–Crippen MR) is 78.3 cm³/mol. The smallest absolute Gasteiger partial charge is 0.289 e. The lowest BCUT2D eigenvalue weighted by atomic mass is 10.2. The number of hydrogen-bond donors (Lipinski definition) is 0. The number of furan rings is 1. The summed E-state index contributed by atoms with van der Waals surface area (Å²) in [6.07, 6.45) is 3.46. The number of carbonyl (C=O) groups is 1. The van der Waals surface area contributed by atoms with Crippen LogP contribution in [-0.4, -0.2) is 47.0 Å². The van der Waals surface area contributed by atoms with Gasteiger partial charge >= 0.3 is 0 Å². The molecule has 0 bridgehead atoms. The van der Waals surface area contributed by atoms with Crippen molar-refractivity contribution in [3.8, 4) is 0 Å². The summed E-state index contributed by atoms with van der Waals surface area (Å²) in [5, 5.41) is 0. The van der Waals surface area contributed by atoms with Crippen molar-refractivity contribution >= 4 is 11.9 Å². The third-order valence-corrected chi connectivity index (χ3v) is 3.78. The molecule has 3 heterocycles. The highest BCUT2D eigenvalue weighted by Gasteiger charge is 2.25. The summed E-state index contributed by atoms with van der Waals surface area (Å²) in [4.78, 5) is 24.8. The molecule has 110 valence electrons. The van der Waals surface area contributed by atoms with Crippen molar-refractivity contribution in [2.75, 3.05) is 31.1 Å². The Labute approximate surface area is 123 Å². The molecule has 2 aromatic heterocycles. The second-order valence-corrected chi connectivity index (χ2v) is 5.18. The van der Waals surface area contributed by atoms with E-state index in [0.29, 0.717) is 24.8 Å². The first-order valence-electron chi connectivity index (χ1n) is 7.03. The van der Waals surface area contributed by atoms with Crippen LogP contribution in [0.15, 0.2) is 28.9 Å². The van der Waals surface area contributed by atoms with Crippen molar-refractivity contribution in [1.82, 2.24) is 14.9 Å². The minimum Gasteiger partial charge on any atom is -0.456 e. The summed E-state index contributed by atoms with van der Waals surface area (Å²) in [5.41, 5.74) is 1.01. The Morgan fingerprint density at radius 1 is 1.14 bits per heavy atom. The number of piperazine rings is 1. The molecule has 0 aliphatic carbocycles. The van der Waals surface area contributed by atoms with Gasteiger partial charge in [0.15, 0.2) is 5.76 Å². The third kappa shape index (κ3) is 2.74. The van der Waals surface area contributed by atoms with Crippen LogP contribution in [0.25, 0.3) is 0 Å². The second kappa shape index (κ2) is 5.55. The van der Waals surface area contributed by atoms with Crippen LogP contribution in [0.1, 0.15) is 21.9 Å². The van der Waals surface area contributed by atoms with Gasteiger partial charge in [0.25, 0.3) is 5.91 Å². The first kappa shape index (κ1) is 13.6. The first-order valence-corrected chi connectivity index (χ1v) is 7.03. The maximum Gasteiger partial charge on any atom is 0.289 e. The van der Waals surface area contributed by atoms with E-state index < -0.39 is 0 Å². The van der Waals surface area contributed by atoms with Crippen LogP contribution in [0.5, 0.6) is 0 Å². The third-order valence-electron chi connectivity index (χ3n) is 3.78. The van der Waals surface area contributed by atoms with Gasteiger partial charge in [-0.3, -0.25) is 4.79 Å². The number of rotatable bonds is 2. The predicted octanol–water partition coefficient (Wildman–Crippen LogP) is 1.65. The molecular formula is C15H18N4O2. The van der Waals surface area contributed by atoms with Crippen molar-refractivity contribution in [2.45, 2.75) is 13.8 Å². The number of aromatic nitrogens is 2. The van der Waals surface area contributed by atoms with Gasteiger partial charge in [-0.2, -0.15) is 0 Å². The van der Waals surface area contributed by atoms with Crippen molar-refractivity contribution in [3.63, 3.8) is 0 Å². The van der Waals surface area contributed by atoms with Gasteiger partial charge in [-0.05, 0) is 31.5 Å². The van der Waals surface area contributed by atoms with Crippen molar-refractivity contribution in [1.29, 1.82) is 0 Å². The van der Waals surface area contributed by atoms with E-state index >= 15 is 0 Å². The van der Waals surface area contributed by atoms with Crippen molar-refractivity contribution < 1.29 is 9.21 Å². The van der Waals surface area contributed by atoms with Crippen LogP contribution in [0, 0.1) is 13.8 Å². The summed E-state index contributed by atoms with van der Waals surface area (Å²) in [6, 6.07) is 3.61. The number of carbonyl (C=O) groups excluding carboxylic acids is 1. The van der Waals surface area contributed by atoms with Crippen LogP contribution in [0.4, 0.5) is 5.95 Å². The lowest BCUT2D eigenvalue weighted by Crippen LogP contribution is -2.49. The van der Waals surface area contributed by atoms with E-state index in [9.17, 15) is 4.79 Å². The van der Waals surface area contributed by atoms with Crippen LogP contribution in [0.3, 0.4) is 0 Å². The molecule has 0 aromatic carbocycles. The van der Waals surface area contributed by atoms with Crippen LogP contribution in [-0.2, 0) is 0 Å². The summed E-state index contributed by atoms with van der Waals surface area (Å²) in [7, 11) is 0. The number of aryl methyl sites for hydroxylation is 2. The normalized spacial score (nSPS) is 15.3. The molecule has 0 N–H and O–H groups in total. The summed E-state index contributed by atoms with van der Waals surface area (Å²) >= 11 is 0. The Morgan fingerprint density at radius 3 is 2.38 bits per heavy atom. The number of hydrogen-bond acceptors (Lipinski definition) is 5. The van der Waals surface area contributed by atoms with Crippen LogP contribution >= 0.6 is 0 Å². The standard InChI is InChI=1S/C15H18N4O2/c1-11-10-13(21-12(11)2)14(20)18-6-8-19(9-7-18)15-16-4-3-5-17-15/h3-5,10H,6-9H2,1-2H3. The molecular weight excluding hydrogens is 268 g/mol. The maximum absolute atomic E-state index is 12.4. The van der Waals surface area contributed by atoms with E-state index in [4.69, 9.17) is 4.42 Å². The number of nitrogens with zero attached hydrogens (tertiary/aromatic N) is 4. The highest BCUT2D eigenvalue weighted by molar-refractivity contribution is 5.92. The molecule has 1 saturated heterocycles. The van der Waals surface area contributed by atoms with Gasteiger partial charge in [0, 0.05) is 38.6 Å². The van der Waals surface area contributed by atoms with Crippen LogP contribution < -0.4 is 4.90 Å². The Bertz CT molecular complexity index is 611. The summed E-state index contributed by atoms with van der Waals surface area (Å²) < 4.78 is 5.51. The van der Waals surface area contributed by atoms with E-state index in [1.807, 2.05) is 24.8 Å². The molecule has 1 amide bonds. The minimum absolute atomic E-state index is 0.0418. The van der Waals surface area contributed by atoms with Gasteiger partial charge in [-0.1, -0.05) is 0 Å². The van der Waals surface area contributed by atoms with Gasteiger partial charge in [-0.15, -0.1) is 0 Å². The van der Waals surface area contributed by atoms with E-state index in [1.54, 1.807) is 18.5 Å². The lowest BCUT2D eigenvalue weighted by Gasteiger charge is -2.34. The molecule has 0 atom stereocenters. The lowest BCUT2D eigenvalue weighted by molar-refractivity contribution is 0.0713. The SMILES string of the molecule is Cc1cc(C(=O)N2CCN(c3ncccn3)CC2)oc1C. The van der Waals surface area contributed by atoms with Crippen molar-refractivity contribution in [3.05, 3.63) is 41.6 Å². The van der Waals surface area contributed by atoms with E-state index in [-0.39, 0.29) is 5.91 Å². The van der Waals surface area contributed by atoms with Gasteiger partial charge in [-0.25, -0.2) is 9.97 Å². The van der Waals surface area contributed by atoms with Gasteiger partial charge in [0.1, 0.15) is 5.76 Å². The van der Waals surface area contributed by atoms with Crippen LogP contribution in [0.2, 0.25) is 0 Å². The molecule has 3 rings (SSSR count). The Balaban J connectivity index is 1.64. The molecule has 2 aromatic rings. The zero-order chi connectivity index (χ0) is 14.8. The number of anilines is 1. The Kier molecular flexibility index (Phi) is 3.60. The molecule has 0 unspecified atom stereocenters. The molecule has 21 heavy (non-hydrogen) atoms. The van der Waals surface area contributed by atoms with E-state index in [0.717, 1.165) is 24.4 Å². The van der Waals surface area contributed by atoms with Gasteiger partial charge < -0.3 is 14.2 Å². The van der Waals surface area contributed by atoms with Gasteiger partial charge in [0.2, 0.25) is 5.95 Å². The highest BCUT2D eigenvalue weighted by atomic mass is 16.4. The van der Waals surface area contributed by atoms with E-state index in [2.05, 4.69) is 14.9 Å². The fraction of sp³-hybridized carbons (Fsp3) is 0.400. The highest BCUT2D eigenvalue weighted by Crippen LogP contribution is 2.17. The molecule has 6 nitrogen and oxygen atoms in total. The minimum atomic E-state index is -0.0418. The first-order chi connectivity index (χ1) is 10.1. The molecule has 0 saturated carbocycles. The topological polar surface area (TPSA) is 62.5 Å². The van der Waals surface area contributed by atoms with Crippen molar-refractivity contribution in [2.24, 2.45) is 0 Å². The molecule has 6 heteroatoms. The van der Waals surface area contributed by atoms with Gasteiger partial charge in [0.05, 0.1) is 0 Å². The Hall–Kier alpha value is -2.37. The summed E-state index contributed by atoms with van der Waals surface area (Å²) in [6.45, 7) is 6.58. The monoisotopic (exact) mass is 286 g/mol. The molecule has 1 aliphatic heterocycles. The molecule has 0 radical (unpaired) electrons. The zero-order valence-corrected chi connectivity index (χ0v) is 12.2. The zero-order valence-electron chi connectivity index (χ0n) is 12.2. The quantitative estimate of drug-likeness (QED) is 0.840. The fourth-order valence-corrected chi connectivity index (χ4v) is 2.40. The molecule has 0 spiro atoms. The average molecular weight is 286 g/mol.